The highest BCUT2D eigenvalue weighted by molar-refractivity contribution is 6.17. The van der Waals surface area contributed by atoms with E-state index in [1.807, 2.05) is 0 Å². The Labute approximate surface area is 140 Å². The lowest BCUT2D eigenvalue weighted by Gasteiger charge is -2.19. The largest absolute Gasteiger partial charge is 0.493 e. The van der Waals surface area contributed by atoms with E-state index in [9.17, 15) is 9.59 Å². The Morgan fingerprint density at radius 2 is 2.09 bits per heavy atom. The molecule has 1 heterocycles. The molecule has 1 aliphatic heterocycles. The highest BCUT2D eigenvalue weighted by Crippen LogP contribution is 2.33. The maximum Gasteiger partial charge on any atom is 0.229 e. The van der Waals surface area contributed by atoms with Gasteiger partial charge in [-0.3, -0.25) is 9.59 Å². The number of alkyl halides is 1. The molecule has 1 aromatic rings. The summed E-state index contributed by atoms with van der Waals surface area (Å²) in [6.07, 6.45) is 1.30. The Balaban J connectivity index is 2.04. The number of anilines is 1. The monoisotopic (exact) mass is 340 g/mol. The van der Waals surface area contributed by atoms with Gasteiger partial charge in [0.05, 0.1) is 20.3 Å². The van der Waals surface area contributed by atoms with Gasteiger partial charge >= 0.3 is 0 Å². The van der Waals surface area contributed by atoms with Gasteiger partial charge in [-0.1, -0.05) is 0 Å². The van der Waals surface area contributed by atoms with Crippen LogP contribution in [0.3, 0.4) is 0 Å². The molecule has 2 amide bonds. The number of rotatable bonds is 7. The van der Waals surface area contributed by atoms with Crippen molar-refractivity contribution in [1.82, 2.24) is 5.32 Å². The van der Waals surface area contributed by atoms with Crippen LogP contribution in [0.4, 0.5) is 5.69 Å². The number of amides is 2. The third-order valence-corrected chi connectivity index (χ3v) is 3.97. The second kappa shape index (κ2) is 8.06. The van der Waals surface area contributed by atoms with Gasteiger partial charge in [0.25, 0.3) is 0 Å². The smallest absolute Gasteiger partial charge is 0.229 e. The van der Waals surface area contributed by atoms with Crippen LogP contribution in [-0.4, -0.2) is 44.5 Å². The highest BCUT2D eigenvalue weighted by atomic mass is 35.5. The van der Waals surface area contributed by atoms with Crippen LogP contribution < -0.4 is 19.7 Å². The van der Waals surface area contributed by atoms with Crippen molar-refractivity contribution in [2.45, 2.75) is 25.3 Å². The third-order valence-electron chi connectivity index (χ3n) is 3.71. The number of halogens is 1. The molecule has 0 aromatic heterocycles. The van der Waals surface area contributed by atoms with Gasteiger partial charge in [0.1, 0.15) is 0 Å². The summed E-state index contributed by atoms with van der Waals surface area (Å²) in [5.74, 6) is 1.52. The van der Waals surface area contributed by atoms with Gasteiger partial charge in [-0.05, 0) is 18.6 Å². The first-order chi connectivity index (χ1) is 11.1. The van der Waals surface area contributed by atoms with Gasteiger partial charge in [0.15, 0.2) is 11.5 Å². The molecule has 1 N–H and O–H groups in total. The van der Waals surface area contributed by atoms with Crippen LogP contribution in [-0.2, 0) is 9.59 Å². The van der Waals surface area contributed by atoms with Crippen LogP contribution in [0.1, 0.15) is 19.3 Å². The van der Waals surface area contributed by atoms with E-state index in [1.54, 1.807) is 37.3 Å². The fourth-order valence-electron chi connectivity index (χ4n) is 2.57. The first kappa shape index (κ1) is 17.4. The van der Waals surface area contributed by atoms with E-state index < -0.39 is 0 Å². The van der Waals surface area contributed by atoms with Crippen LogP contribution >= 0.6 is 11.6 Å². The van der Waals surface area contributed by atoms with E-state index >= 15 is 0 Å². The minimum absolute atomic E-state index is 0.0279. The standard InChI is InChI=1S/C16H21ClN2O4/c1-22-13-6-5-12(9-14(13)23-2)19-10-11(8-16(19)21)18-15(20)4-3-7-17/h5-6,9,11H,3-4,7-8,10H2,1-2H3,(H,18,20)/t11-/m1/s1. The number of ether oxygens (including phenoxy) is 2. The molecule has 126 valence electrons. The van der Waals surface area contributed by atoms with Crippen molar-refractivity contribution in [3.8, 4) is 11.5 Å². The molecule has 2 rings (SSSR count). The van der Waals surface area contributed by atoms with Crippen molar-refractivity contribution in [3.63, 3.8) is 0 Å². The average Bonchev–Trinajstić information content (AvgIpc) is 2.92. The van der Waals surface area contributed by atoms with E-state index in [1.165, 1.54) is 0 Å². The summed E-state index contributed by atoms with van der Waals surface area (Å²) in [6.45, 7) is 0.445. The number of carbonyl (C=O) groups is 2. The van der Waals surface area contributed by atoms with Crippen LogP contribution in [0.15, 0.2) is 18.2 Å². The summed E-state index contributed by atoms with van der Waals surface area (Å²) < 4.78 is 10.5. The molecule has 0 saturated carbocycles. The van der Waals surface area contributed by atoms with Gasteiger partial charge in [-0.2, -0.15) is 0 Å². The maximum absolute atomic E-state index is 12.2. The van der Waals surface area contributed by atoms with Crippen molar-refractivity contribution >= 4 is 29.1 Å². The zero-order valence-electron chi connectivity index (χ0n) is 13.3. The van der Waals surface area contributed by atoms with Crippen molar-refractivity contribution in [2.75, 3.05) is 31.5 Å². The summed E-state index contributed by atoms with van der Waals surface area (Å²) in [4.78, 5) is 25.6. The molecule has 23 heavy (non-hydrogen) atoms. The van der Waals surface area contributed by atoms with E-state index in [0.717, 1.165) is 5.69 Å². The summed E-state index contributed by atoms with van der Waals surface area (Å²) in [5, 5.41) is 2.88. The lowest BCUT2D eigenvalue weighted by atomic mass is 10.2. The van der Waals surface area contributed by atoms with Gasteiger partial charge in [-0.25, -0.2) is 0 Å². The predicted octanol–water partition coefficient (Wildman–Crippen LogP) is 1.94. The fourth-order valence-corrected chi connectivity index (χ4v) is 2.71. The number of nitrogens with one attached hydrogen (secondary N) is 1. The maximum atomic E-state index is 12.2. The van der Waals surface area contributed by atoms with E-state index in [0.29, 0.717) is 43.2 Å². The normalized spacial score (nSPS) is 17.3. The molecule has 0 spiro atoms. The molecule has 1 fully saturated rings. The Morgan fingerprint density at radius 1 is 1.35 bits per heavy atom. The molecule has 1 atom stereocenters. The first-order valence-corrected chi connectivity index (χ1v) is 8.00. The fraction of sp³-hybridized carbons (Fsp3) is 0.500. The molecule has 0 bridgehead atoms. The van der Waals surface area contributed by atoms with Crippen LogP contribution in [0.25, 0.3) is 0 Å². The van der Waals surface area contributed by atoms with Crippen molar-refractivity contribution in [1.29, 1.82) is 0 Å². The first-order valence-electron chi connectivity index (χ1n) is 7.46. The predicted molar refractivity (Wildman–Crippen MR) is 88.4 cm³/mol. The molecule has 1 aliphatic rings. The summed E-state index contributed by atoms with van der Waals surface area (Å²) in [6, 6.07) is 5.14. The number of methoxy groups -OCH3 is 2. The Hall–Kier alpha value is -1.95. The van der Waals surface area contributed by atoms with Gasteiger partial charge in [0.2, 0.25) is 11.8 Å². The minimum atomic E-state index is -0.182. The number of carbonyl (C=O) groups excluding carboxylic acids is 2. The second-order valence-electron chi connectivity index (χ2n) is 5.30. The molecule has 0 radical (unpaired) electrons. The second-order valence-corrected chi connectivity index (χ2v) is 5.68. The third kappa shape index (κ3) is 4.28. The van der Waals surface area contributed by atoms with Gasteiger partial charge < -0.3 is 19.7 Å². The van der Waals surface area contributed by atoms with Crippen molar-refractivity contribution in [3.05, 3.63) is 18.2 Å². The minimum Gasteiger partial charge on any atom is -0.493 e. The van der Waals surface area contributed by atoms with Gasteiger partial charge in [-0.15, -0.1) is 11.6 Å². The number of hydrogen-bond acceptors (Lipinski definition) is 4. The SMILES string of the molecule is COc1ccc(N2C[C@H](NC(=O)CCCCl)CC2=O)cc1OC. The Bertz CT molecular complexity index is 579. The van der Waals surface area contributed by atoms with E-state index in [-0.39, 0.29) is 17.9 Å². The zero-order chi connectivity index (χ0) is 16.8. The molecule has 7 heteroatoms. The topological polar surface area (TPSA) is 67.9 Å². The highest BCUT2D eigenvalue weighted by Gasteiger charge is 2.31. The van der Waals surface area contributed by atoms with Gasteiger partial charge in [0, 0.05) is 37.0 Å². The zero-order valence-corrected chi connectivity index (χ0v) is 14.1. The lowest BCUT2D eigenvalue weighted by Crippen LogP contribution is -2.37. The number of nitrogens with zero attached hydrogens (tertiary/aromatic N) is 1. The quantitative estimate of drug-likeness (QED) is 0.770. The van der Waals surface area contributed by atoms with Crippen molar-refractivity contribution < 1.29 is 19.1 Å². The molecular weight excluding hydrogens is 320 g/mol. The van der Waals surface area contributed by atoms with Crippen LogP contribution in [0.2, 0.25) is 0 Å². The van der Waals surface area contributed by atoms with E-state index in [4.69, 9.17) is 21.1 Å². The number of benzene rings is 1. The van der Waals surface area contributed by atoms with Crippen molar-refractivity contribution in [2.24, 2.45) is 0 Å². The molecule has 0 unspecified atom stereocenters. The van der Waals surface area contributed by atoms with Crippen LogP contribution in [0.5, 0.6) is 11.5 Å². The summed E-state index contributed by atoms with van der Waals surface area (Å²) >= 11 is 5.58. The molecule has 1 aromatic carbocycles. The van der Waals surface area contributed by atoms with E-state index in [2.05, 4.69) is 5.32 Å². The molecule has 1 saturated heterocycles. The lowest BCUT2D eigenvalue weighted by molar-refractivity contribution is -0.121. The molecule has 6 nitrogen and oxygen atoms in total. The molecule has 0 aliphatic carbocycles. The summed E-state index contributed by atoms with van der Waals surface area (Å²) in [7, 11) is 3.11. The molecular formula is C16H21ClN2O4. The Kier molecular flexibility index (Phi) is 6.10. The number of hydrogen-bond donors (Lipinski definition) is 1. The summed E-state index contributed by atoms with van der Waals surface area (Å²) in [5.41, 5.74) is 0.727. The Morgan fingerprint density at radius 3 is 2.74 bits per heavy atom. The average molecular weight is 341 g/mol. The van der Waals surface area contributed by atoms with Crippen LogP contribution in [0, 0.1) is 0 Å².